The molecule has 12 heteroatoms. The van der Waals surface area contributed by atoms with E-state index < -0.39 is 53.7 Å². The van der Waals surface area contributed by atoms with Gasteiger partial charge < -0.3 is 30.9 Å². The third kappa shape index (κ3) is 10.4. The summed E-state index contributed by atoms with van der Waals surface area (Å²) in [6.07, 6.45) is 13.0. The highest BCUT2D eigenvalue weighted by atomic mass is 16.5. The fourth-order valence-corrected chi connectivity index (χ4v) is 7.54. The quantitative estimate of drug-likeness (QED) is 0.205. The number of urea groups is 1. The van der Waals surface area contributed by atoms with Gasteiger partial charge in [0.2, 0.25) is 17.6 Å². The second-order valence-electron chi connectivity index (χ2n) is 14.5. The molecule has 0 aromatic rings. The highest BCUT2D eigenvalue weighted by molar-refractivity contribution is 6.38. The smallest absolute Gasteiger partial charge is 0.316 e. The van der Waals surface area contributed by atoms with E-state index >= 15 is 0 Å². The van der Waals surface area contributed by atoms with Crippen LogP contribution < -0.4 is 21.3 Å². The first-order valence-corrected chi connectivity index (χ1v) is 18.3. The Kier molecular flexibility index (Phi) is 14.4. The number of Topliss-reactive ketones (excluding diaryl/α,β-unsaturated/α-hetero) is 2. The molecule has 0 unspecified atom stereocenters. The molecule has 48 heavy (non-hydrogen) atoms. The molecule has 0 spiro atoms. The zero-order valence-corrected chi connectivity index (χ0v) is 28.9. The van der Waals surface area contributed by atoms with Gasteiger partial charge in [-0.1, -0.05) is 64.9 Å². The fraction of sp³-hybridized carbons (Fsp3) is 0.778. The largest absolute Gasteiger partial charge is 0.379 e. The van der Waals surface area contributed by atoms with Crippen molar-refractivity contribution in [3.8, 4) is 0 Å². The maximum absolute atomic E-state index is 14.3. The molecule has 2 aliphatic heterocycles. The van der Waals surface area contributed by atoms with Gasteiger partial charge in [0, 0.05) is 25.6 Å². The second-order valence-corrected chi connectivity index (χ2v) is 14.5. The van der Waals surface area contributed by atoms with Crippen LogP contribution in [0.1, 0.15) is 104 Å². The standard InChI is InChI=1S/C36H57N5O7/c1-4-19-37-34(45)32(43)27-15-11-6-5-7-12-21-48-22-28(35(46)41-20-18-26(23(2)3)30(41)33(44)38-27)39-36(47)40-29(31(42)25-16-17-25)24-13-9-8-10-14-24/h4,23-30H,1,5-22H2,2-3H3,(H,37,45)(H,38,44)(H2,39,40,47)/t26-,27+,28+,29+,30+/m1/s1. The minimum absolute atomic E-state index is 0.00885. The highest BCUT2D eigenvalue weighted by Crippen LogP contribution is 2.36. The van der Waals surface area contributed by atoms with E-state index in [4.69, 9.17) is 4.74 Å². The number of rotatable bonds is 10. The molecule has 4 fully saturated rings. The monoisotopic (exact) mass is 671 g/mol. The zero-order chi connectivity index (χ0) is 34.6. The molecule has 5 amide bonds. The molecule has 4 N–H and O–H groups in total. The average molecular weight is 672 g/mol. The molecule has 2 aliphatic carbocycles. The topological polar surface area (TPSA) is 163 Å². The summed E-state index contributed by atoms with van der Waals surface area (Å²) in [7, 11) is 0. The Morgan fingerprint density at radius 1 is 0.938 bits per heavy atom. The molecular weight excluding hydrogens is 614 g/mol. The number of ether oxygens (including phenoxy) is 1. The number of amides is 5. The summed E-state index contributed by atoms with van der Waals surface area (Å²) in [4.78, 5) is 82.4. The number of ketones is 2. The predicted molar refractivity (Wildman–Crippen MR) is 181 cm³/mol. The van der Waals surface area contributed by atoms with Crippen molar-refractivity contribution in [2.45, 2.75) is 128 Å². The Morgan fingerprint density at radius 2 is 1.60 bits per heavy atom. The molecule has 4 rings (SSSR count). The fourth-order valence-electron chi connectivity index (χ4n) is 7.54. The van der Waals surface area contributed by atoms with Gasteiger partial charge in [-0.2, -0.15) is 0 Å². The molecule has 0 radical (unpaired) electrons. The molecular formula is C36H57N5O7. The third-order valence-corrected chi connectivity index (χ3v) is 10.5. The highest BCUT2D eigenvalue weighted by Gasteiger charge is 2.46. The second kappa shape index (κ2) is 18.5. The summed E-state index contributed by atoms with van der Waals surface area (Å²) in [5.74, 6) is -2.44. The van der Waals surface area contributed by atoms with Crippen molar-refractivity contribution in [3.63, 3.8) is 0 Å². The summed E-state index contributed by atoms with van der Waals surface area (Å²) < 4.78 is 5.94. The van der Waals surface area contributed by atoms with Gasteiger partial charge >= 0.3 is 6.03 Å². The van der Waals surface area contributed by atoms with Crippen molar-refractivity contribution in [2.24, 2.45) is 23.7 Å². The number of nitrogens with one attached hydrogen (secondary N) is 4. The van der Waals surface area contributed by atoms with Gasteiger partial charge in [0.1, 0.15) is 12.1 Å². The van der Waals surface area contributed by atoms with Crippen LogP contribution in [-0.4, -0.2) is 90.7 Å². The van der Waals surface area contributed by atoms with Gasteiger partial charge in [-0.3, -0.25) is 24.0 Å². The number of carbonyl (C=O) groups is 6. The van der Waals surface area contributed by atoms with Crippen LogP contribution in [0.5, 0.6) is 0 Å². The van der Waals surface area contributed by atoms with Crippen molar-refractivity contribution in [1.29, 1.82) is 0 Å². The Morgan fingerprint density at radius 3 is 2.29 bits per heavy atom. The number of hydrogen-bond acceptors (Lipinski definition) is 7. The molecule has 2 heterocycles. The molecule has 0 bridgehead atoms. The van der Waals surface area contributed by atoms with Crippen LogP contribution >= 0.6 is 0 Å². The molecule has 0 aromatic carbocycles. The van der Waals surface area contributed by atoms with E-state index in [1.807, 2.05) is 13.8 Å². The maximum Gasteiger partial charge on any atom is 0.316 e. The van der Waals surface area contributed by atoms with E-state index in [0.717, 1.165) is 70.6 Å². The van der Waals surface area contributed by atoms with Crippen molar-refractivity contribution >= 4 is 35.3 Å². The van der Waals surface area contributed by atoms with Crippen molar-refractivity contribution in [1.82, 2.24) is 26.2 Å². The van der Waals surface area contributed by atoms with Crippen molar-refractivity contribution < 1.29 is 33.5 Å². The molecule has 12 nitrogen and oxygen atoms in total. The van der Waals surface area contributed by atoms with Gasteiger partial charge in [0.25, 0.3) is 5.91 Å². The first kappa shape index (κ1) is 37.5. The van der Waals surface area contributed by atoms with Gasteiger partial charge in [-0.25, -0.2) is 4.79 Å². The van der Waals surface area contributed by atoms with Crippen LogP contribution in [0.2, 0.25) is 0 Å². The first-order chi connectivity index (χ1) is 23.1. The molecule has 5 atom stereocenters. The lowest BCUT2D eigenvalue weighted by atomic mass is 9.81. The van der Waals surface area contributed by atoms with E-state index in [1.165, 1.54) is 11.0 Å². The Balaban J connectivity index is 1.55. The predicted octanol–water partition coefficient (Wildman–Crippen LogP) is 3.18. The van der Waals surface area contributed by atoms with E-state index in [0.29, 0.717) is 32.4 Å². The molecule has 268 valence electrons. The Labute approximate surface area is 285 Å². The minimum Gasteiger partial charge on any atom is -0.379 e. The van der Waals surface area contributed by atoms with E-state index in [2.05, 4.69) is 27.8 Å². The van der Waals surface area contributed by atoms with Crippen LogP contribution in [-0.2, 0) is 28.7 Å². The SMILES string of the molecule is C=CCNC(=O)C(=O)[C@@H]1CCCCCCCOC[C@H](NC(=O)N[C@H](C(=O)C2CC2)C2CCCCC2)C(=O)N2CC[C@H](C(C)C)[C@H]2C(=O)N1. The molecule has 2 saturated heterocycles. The van der Waals surface area contributed by atoms with Crippen molar-refractivity contribution in [3.05, 3.63) is 12.7 Å². The number of nitrogens with zero attached hydrogens (tertiary/aromatic N) is 1. The van der Waals surface area contributed by atoms with Gasteiger partial charge in [-0.15, -0.1) is 6.58 Å². The number of fused-ring (bicyclic) bond motifs is 1. The van der Waals surface area contributed by atoms with E-state index in [-0.39, 0.29) is 42.6 Å². The number of carbonyl (C=O) groups excluding carboxylic acids is 6. The summed E-state index contributed by atoms with van der Waals surface area (Å²) in [5.41, 5.74) is 0. The van der Waals surface area contributed by atoms with Crippen LogP contribution in [0.4, 0.5) is 4.79 Å². The van der Waals surface area contributed by atoms with Gasteiger partial charge in [-0.05, 0) is 62.7 Å². The first-order valence-electron chi connectivity index (χ1n) is 18.3. The maximum atomic E-state index is 14.3. The summed E-state index contributed by atoms with van der Waals surface area (Å²) in [6.45, 7) is 8.31. The van der Waals surface area contributed by atoms with Crippen LogP contribution in [0, 0.1) is 23.7 Å². The normalized spacial score (nSPS) is 27.4. The van der Waals surface area contributed by atoms with Gasteiger partial charge in [0.05, 0.1) is 18.7 Å². The zero-order valence-electron chi connectivity index (χ0n) is 28.9. The van der Waals surface area contributed by atoms with Crippen LogP contribution in [0.25, 0.3) is 0 Å². The van der Waals surface area contributed by atoms with E-state index in [9.17, 15) is 28.8 Å². The summed E-state index contributed by atoms with van der Waals surface area (Å²) in [6, 6.07) is -4.18. The number of hydrogen-bond donors (Lipinski definition) is 4. The molecule has 4 aliphatic rings. The van der Waals surface area contributed by atoms with Crippen molar-refractivity contribution in [2.75, 3.05) is 26.3 Å². The summed E-state index contributed by atoms with van der Waals surface area (Å²) >= 11 is 0. The van der Waals surface area contributed by atoms with Gasteiger partial charge in [0.15, 0.2) is 5.78 Å². The van der Waals surface area contributed by atoms with Crippen LogP contribution in [0.3, 0.4) is 0 Å². The lowest BCUT2D eigenvalue weighted by Crippen LogP contribution is -2.60. The summed E-state index contributed by atoms with van der Waals surface area (Å²) in [5, 5.41) is 11.1. The lowest BCUT2D eigenvalue weighted by Gasteiger charge is -2.33. The third-order valence-electron chi connectivity index (χ3n) is 10.5. The lowest BCUT2D eigenvalue weighted by molar-refractivity contribution is -0.144. The Hall–Kier alpha value is -3.28. The van der Waals surface area contributed by atoms with E-state index in [1.54, 1.807) is 0 Å². The Bertz CT molecular complexity index is 1170. The van der Waals surface area contributed by atoms with Crippen LogP contribution in [0.15, 0.2) is 12.7 Å². The molecule has 0 aromatic heterocycles. The average Bonchev–Trinajstić information content (AvgIpc) is 3.83. The minimum atomic E-state index is -1.08. The molecule has 2 saturated carbocycles.